The topological polar surface area (TPSA) is 95.7 Å². The molecule has 1 aliphatic rings. The van der Waals surface area contributed by atoms with Crippen molar-refractivity contribution < 1.29 is 9.59 Å². The van der Waals surface area contributed by atoms with Gasteiger partial charge in [-0.3, -0.25) is 9.59 Å². The van der Waals surface area contributed by atoms with Crippen LogP contribution in [0.4, 0.5) is 5.82 Å². The van der Waals surface area contributed by atoms with Gasteiger partial charge in [-0.05, 0) is 24.8 Å². The number of hydrogen-bond acceptors (Lipinski definition) is 7. The second-order valence-corrected chi connectivity index (χ2v) is 7.75. The summed E-state index contributed by atoms with van der Waals surface area (Å²) in [6.45, 7) is 5.24. The first-order valence-electron chi connectivity index (χ1n) is 9.62. The van der Waals surface area contributed by atoms with Crippen molar-refractivity contribution in [2.24, 2.45) is 0 Å². The van der Waals surface area contributed by atoms with Crippen LogP contribution in [-0.4, -0.2) is 69.0 Å². The molecule has 152 valence electrons. The average Bonchev–Trinajstić information content (AvgIpc) is 3.42. The van der Waals surface area contributed by atoms with Gasteiger partial charge in [-0.15, -0.1) is 0 Å². The van der Waals surface area contributed by atoms with Crippen molar-refractivity contribution >= 4 is 34.7 Å². The van der Waals surface area contributed by atoms with E-state index in [0.29, 0.717) is 43.8 Å². The van der Waals surface area contributed by atoms with Crippen molar-refractivity contribution in [2.75, 3.05) is 37.6 Å². The molecule has 0 spiro atoms. The zero-order valence-corrected chi connectivity index (χ0v) is 17.1. The fourth-order valence-corrected chi connectivity index (χ4v) is 4.05. The van der Waals surface area contributed by atoms with Gasteiger partial charge in [0.1, 0.15) is 12.1 Å². The first kappa shape index (κ1) is 19.3. The lowest BCUT2D eigenvalue weighted by Gasteiger charge is -2.36. The molecule has 2 amide bonds. The Kier molecular flexibility index (Phi) is 5.70. The number of nitrogens with one attached hydrogen (secondary N) is 1. The predicted molar refractivity (Wildman–Crippen MR) is 110 cm³/mol. The number of rotatable bonds is 6. The highest BCUT2D eigenvalue weighted by Crippen LogP contribution is 2.18. The molecule has 0 bridgehead atoms. The van der Waals surface area contributed by atoms with Gasteiger partial charge in [-0.25, -0.2) is 4.98 Å². The SMILES string of the molecule is Cc1cc(N2CCN(C(=O)CCCNC(=O)c3ccsc3)CC2)n2ncnc2n1. The van der Waals surface area contributed by atoms with E-state index in [9.17, 15) is 9.59 Å². The third-order valence-electron chi connectivity index (χ3n) is 4.95. The van der Waals surface area contributed by atoms with E-state index in [4.69, 9.17) is 0 Å². The van der Waals surface area contributed by atoms with E-state index in [1.54, 1.807) is 10.6 Å². The lowest BCUT2D eigenvalue weighted by atomic mass is 10.2. The number of aromatic nitrogens is 4. The number of carbonyl (C=O) groups excluding carboxylic acids is 2. The Morgan fingerprint density at radius 1 is 1.24 bits per heavy atom. The molecule has 0 radical (unpaired) electrons. The first-order chi connectivity index (χ1) is 14.1. The minimum Gasteiger partial charge on any atom is -0.353 e. The lowest BCUT2D eigenvalue weighted by molar-refractivity contribution is -0.131. The third kappa shape index (κ3) is 4.37. The van der Waals surface area contributed by atoms with Crippen LogP contribution in [0.1, 0.15) is 28.9 Å². The van der Waals surface area contributed by atoms with E-state index in [-0.39, 0.29) is 11.8 Å². The van der Waals surface area contributed by atoms with Gasteiger partial charge >= 0.3 is 0 Å². The van der Waals surface area contributed by atoms with Crippen molar-refractivity contribution in [1.82, 2.24) is 29.8 Å². The van der Waals surface area contributed by atoms with Crippen LogP contribution in [0, 0.1) is 6.92 Å². The van der Waals surface area contributed by atoms with Gasteiger partial charge in [0.2, 0.25) is 5.91 Å². The van der Waals surface area contributed by atoms with Crippen LogP contribution in [0.2, 0.25) is 0 Å². The maximum atomic E-state index is 12.5. The Morgan fingerprint density at radius 3 is 2.83 bits per heavy atom. The second-order valence-electron chi connectivity index (χ2n) is 6.97. The number of hydrogen-bond donors (Lipinski definition) is 1. The molecule has 3 aromatic heterocycles. The van der Waals surface area contributed by atoms with Gasteiger partial charge in [0.05, 0.1) is 0 Å². The molecule has 1 saturated heterocycles. The number of piperazine rings is 1. The van der Waals surface area contributed by atoms with Crippen LogP contribution in [0.5, 0.6) is 0 Å². The summed E-state index contributed by atoms with van der Waals surface area (Å²) in [5.74, 6) is 1.59. The standard InChI is InChI=1S/C19H23N7O2S/c1-14-11-16(26-19(23-14)21-13-22-26)24-6-8-25(9-7-24)17(27)3-2-5-20-18(28)15-4-10-29-12-15/h4,10-13H,2-3,5-9H2,1H3,(H,20,28). The number of carbonyl (C=O) groups is 2. The smallest absolute Gasteiger partial charge is 0.254 e. The van der Waals surface area contributed by atoms with Gasteiger partial charge in [0.15, 0.2) is 0 Å². The van der Waals surface area contributed by atoms with Gasteiger partial charge in [0.25, 0.3) is 11.7 Å². The summed E-state index contributed by atoms with van der Waals surface area (Å²) in [4.78, 5) is 37.0. The zero-order chi connectivity index (χ0) is 20.2. The highest BCUT2D eigenvalue weighted by molar-refractivity contribution is 7.08. The van der Waals surface area contributed by atoms with Gasteiger partial charge < -0.3 is 15.1 Å². The summed E-state index contributed by atoms with van der Waals surface area (Å²) in [6, 6.07) is 3.79. The molecule has 1 N–H and O–H groups in total. The minimum atomic E-state index is -0.0839. The molecule has 0 saturated carbocycles. The summed E-state index contributed by atoms with van der Waals surface area (Å²) < 4.78 is 1.74. The monoisotopic (exact) mass is 413 g/mol. The second kappa shape index (κ2) is 8.56. The minimum absolute atomic E-state index is 0.0839. The van der Waals surface area contributed by atoms with E-state index in [2.05, 4.69) is 25.3 Å². The molecule has 0 aromatic carbocycles. The highest BCUT2D eigenvalue weighted by Gasteiger charge is 2.23. The number of thiophene rings is 1. The summed E-state index contributed by atoms with van der Waals surface area (Å²) in [5, 5.41) is 10.8. The summed E-state index contributed by atoms with van der Waals surface area (Å²) in [5.41, 5.74) is 1.56. The molecule has 29 heavy (non-hydrogen) atoms. The Hall–Kier alpha value is -3.01. The molecule has 0 unspecified atom stereocenters. The number of aryl methyl sites for hydroxylation is 1. The fraction of sp³-hybridized carbons (Fsp3) is 0.421. The van der Waals surface area contributed by atoms with Gasteiger partial charge in [-0.1, -0.05) is 0 Å². The predicted octanol–water partition coefficient (Wildman–Crippen LogP) is 1.35. The van der Waals surface area contributed by atoms with Crippen molar-refractivity contribution in [3.63, 3.8) is 0 Å². The molecule has 10 heteroatoms. The molecule has 1 aliphatic heterocycles. The van der Waals surface area contributed by atoms with Crippen molar-refractivity contribution in [3.05, 3.63) is 40.5 Å². The zero-order valence-electron chi connectivity index (χ0n) is 16.2. The normalized spacial score (nSPS) is 14.4. The molecular formula is C19H23N7O2S. The fourth-order valence-electron chi connectivity index (χ4n) is 3.42. The molecule has 4 rings (SSSR count). The van der Waals surface area contributed by atoms with Crippen LogP contribution < -0.4 is 10.2 Å². The number of fused-ring (bicyclic) bond motifs is 1. The Morgan fingerprint density at radius 2 is 2.07 bits per heavy atom. The molecule has 1 fully saturated rings. The molecule has 3 aromatic rings. The number of anilines is 1. The van der Waals surface area contributed by atoms with Crippen LogP contribution in [0.3, 0.4) is 0 Å². The van der Waals surface area contributed by atoms with Crippen molar-refractivity contribution in [2.45, 2.75) is 19.8 Å². The Bertz CT molecular complexity index is 993. The van der Waals surface area contributed by atoms with Crippen LogP contribution in [0.15, 0.2) is 29.2 Å². The van der Waals surface area contributed by atoms with E-state index < -0.39 is 0 Å². The van der Waals surface area contributed by atoms with Crippen LogP contribution in [-0.2, 0) is 4.79 Å². The number of nitrogens with zero attached hydrogens (tertiary/aromatic N) is 6. The van der Waals surface area contributed by atoms with E-state index in [1.807, 2.05) is 28.7 Å². The average molecular weight is 414 g/mol. The van der Waals surface area contributed by atoms with Crippen LogP contribution in [0.25, 0.3) is 5.78 Å². The third-order valence-corrected chi connectivity index (χ3v) is 5.64. The summed E-state index contributed by atoms with van der Waals surface area (Å²) >= 11 is 1.49. The quantitative estimate of drug-likeness (QED) is 0.613. The molecule has 9 nitrogen and oxygen atoms in total. The Labute approximate surface area is 172 Å². The molecular weight excluding hydrogens is 390 g/mol. The largest absolute Gasteiger partial charge is 0.353 e. The molecule has 0 atom stereocenters. The molecule has 4 heterocycles. The van der Waals surface area contributed by atoms with Gasteiger partial charge in [0, 0.05) is 61.8 Å². The highest BCUT2D eigenvalue weighted by atomic mass is 32.1. The van der Waals surface area contributed by atoms with Crippen molar-refractivity contribution in [1.29, 1.82) is 0 Å². The lowest BCUT2D eigenvalue weighted by Crippen LogP contribution is -2.49. The maximum Gasteiger partial charge on any atom is 0.254 e. The summed E-state index contributed by atoms with van der Waals surface area (Å²) in [7, 11) is 0. The van der Waals surface area contributed by atoms with Gasteiger partial charge in [-0.2, -0.15) is 25.9 Å². The van der Waals surface area contributed by atoms with Crippen LogP contribution >= 0.6 is 11.3 Å². The van der Waals surface area contributed by atoms with E-state index in [0.717, 1.165) is 24.6 Å². The van der Waals surface area contributed by atoms with E-state index in [1.165, 1.54) is 17.7 Å². The first-order valence-corrected chi connectivity index (χ1v) is 10.6. The maximum absolute atomic E-state index is 12.5. The molecule has 0 aliphatic carbocycles. The Balaban J connectivity index is 1.24. The summed E-state index contributed by atoms with van der Waals surface area (Å²) in [6.07, 6.45) is 2.58. The van der Waals surface area contributed by atoms with E-state index >= 15 is 0 Å². The number of amides is 2. The van der Waals surface area contributed by atoms with Crippen molar-refractivity contribution in [3.8, 4) is 0 Å².